The minimum absolute atomic E-state index is 0.0446. The summed E-state index contributed by atoms with van der Waals surface area (Å²) in [6.07, 6.45) is 0.189. The molecule has 1 aromatic carbocycles. The largest absolute Gasteiger partial charge is 0.481 e. The molecule has 2 N–H and O–H groups in total. The Morgan fingerprint density at radius 2 is 2.00 bits per heavy atom. The van der Waals surface area contributed by atoms with Crippen molar-refractivity contribution in [1.82, 2.24) is 4.90 Å². The lowest BCUT2D eigenvalue weighted by atomic mass is 9.96. The Balaban J connectivity index is 1.82. The van der Waals surface area contributed by atoms with E-state index in [2.05, 4.69) is 19.2 Å². The molecule has 1 aliphatic rings. The molecule has 0 unspecified atom stereocenters. The summed E-state index contributed by atoms with van der Waals surface area (Å²) in [5.41, 5.74) is 1.98. The molecule has 0 spiro atoms. The number of carbonyl (C=O) groups is 2. The van der Waals surface area contributed by atoms with Crippen LogP contribution in [0.5, 0.6) is 0 Å². The smallest absolute Gasteiger partial charge is 0.303 e. The van der Waals surface area contributed by atoms with Gasteiger partial charge in [-0.05, 0) is 23.5 Å². The summed E-state index contributed by atoms with van der Waals surface area (Å²) in [6.45, 7) is 5.88. The van der Waals surface area contributed by atoms with E-state index in [1.165, 1.54) is 0 Å². The van der Waals surface area contributed by atoms with Crippen molar-refractivity contribution in [2.45, 2.75) is 26.2 Å². The predicted molar refractivity (Wildman–Crippen MR) is 81.3 cm³/mol. The monoisotopic (exact) mass is 290 g/mol. The molecule has 2 rings (SSSR count). The van der Waals surface area contributed by atoms with Crippen molar-refractivity contribution in [2.24, 2.45) is 5.92 Å². The number of rotatable bonds is 6. The zero-order valence-corrected chi connectivity index (χ0v) is 12.5. The quantitative estimate of drug-likeness (QED) is 0.842. The Labute approximate surface area is 125 Å². The summed E-state index contributed by atoms with van der Waals surface area (Å²) in [5, 5.41) is 11.6. The molecule has 0 aliphatic carbocycles. The van der Waals surface area contributed by atoms with Crippen molar-refractivity contribution in [3.05, 3.63) is 29.8 Å². The highest BCUT2D eigenvalue weighted by molar-refractivity contribution is 5.93. The SMILES string of the molecule is CC(C)c1ccccc1NC(=O)CN1CC(CC(=O)O)C1. The molecular weight excluding hydrogens is 268 g/mol. The van der Waals surface area contributed by atoms with Crippen LogP contribution >= 0.6 is 0 Å². The van der Waals surface area contributed by atoms with E-state index in [1.807, 2.05) is 29.2 Å². The van der Waals surface area contributed by atoms with Gasteiger partial charge >= 0.3 is 5.97 Å². The Kier molecular flexibility index (Phi) is 4.96. The molecular formula is C16H22N2O3. The molecule has 1 saturated heterocycles. The summed E-state index contributed by atoms with van der Waals surface area (Å²) in [7, 11) is 0. The van der Waals surface area contributed by atoms with Gasteiger partial charge in [0.05, 0.1) is 13.0 Å². The van der Waals surface area contributed by atoms with E-state index in [0.717, 1.165) is 11.3 Å². The Hall–Kier alpha value is -1.88. The van der Waals surface area contributed by atoms with Gasteiger partial charge in [-0.25, -0.2) is 0 Å². The zero-order valence-electron chi connectivity index (χ0n) is 12.5. The molecule has 114 valence electrons. The fourth-order valence-electron chi connectivity index (χ4n) is 2.69. The third-order valence-electron chi connectivity index (χ3n) is 3.72. The van der Waals surface area contributed by atoms with Crippen LogP contribution in [0.15, 0.2) is 24.3 Å². The topological polar surface area (TPSA) is 69.6 Å². The fourth-order valence-corrected chi connectivity index (χ4v) is 2.69. The molecule has 21 heavy (non-hydrogen) atoms. The molecule has 0 radical (unpaired) electrons. The number of amides is 1. The molecule has 0 atom stereocenters. The number of carboxylic acids is 1. The third kappa shape index (κ3) is 4.29. The molecule has 1 amide bonds. The first-order chi connectivity index (χ1) is 9.95. The second-order valence-corrected chi connectivity index (χ2v) is 5.95. The summed E-state index contributed by atoms with van der Waals surface area (Å²) >= 11 is 0. The van der Waals surface area contributed by atoms with Crippen molar-refractivity contribution in [1.29, 1.82) is 0 Å². The van der Waals surface area contributed by atoms with E-state index in [4.69, 9.17) is 5.11 Å². The molecule has 0 bridgehead atoms. The molecule has 5 nitrogen and oxygen atoms in total. The van der Waals surface area contributed by atoms with Gasteiger partial charge in [0, 0.05) is 18.8 Å². The maximum atomic E-state index is 12.1. The number of nitrogens with one attached hydrogen (secondary N) is 1. The van der Waals surface area contributed by atoms with E-state index in [9.17, 15) is 9.59 Å². The first kappa shape index (κ1) is 15.5. The zero-order chi connectivity index (χ0) is 15.4. The predicted octanol–water partition coefficient (Wildman–Crippen LogP) is 2.16. The molecule has 1 heterocycles. The van der Waals surface area contributed by atoms with Gasteiger partial charge < -0.3 is 10.4 Å². The minimum atomic E-state index is -0.769. The van der Waals surface area contributed by atoms with Gasteiger partial charge in [0.1, 0.15) is 0 Å². The maximum Gasteiger partial charge on any atom is 0.303 e. The van der Waals surface area contributed by atoms with Crippen LogP contribution in [0.25, 0.3) is 0 Å². The minimum Gasteiger partial charge on any atom is -0.481 e. The molecule has 0 saturated carbocycles. The summed E-state index contributed by atoms with van der Waals surface area (Å²) in [4.78, 5) is 24.6. The lowest BCUT2D eigenvalue weighted by Gasteiger charge is -2.37. The Morgan fingerprint density at radius 3 is 2.62 bits per heavy atom. The second kappa shape index (κ2) is 6.72. The summed E-state index contributed by atoms with van der Waals surface area (Å²) in [6, 6.07) is 7.81. The normalized spacial score (nSPS) is 15.8. The van der Waals surface area contributed by atoms with Crippen molar-refractivity contribution < 1.29 is 14.7 Å². The van der Waals surface area contributed by atoms with Crippen LogP contribution in [0, 0.1) is 5.92 Å². The van der Waals surface area contributed by atoms with Gasteiger partial charge in [-0.2, -0.15) is 0 Å². The number of nitrogens with zero attached hydrogens (tertiary/aromatic N) is 1. The number of hydrogen-bond donors (Lipinski definition) is 2. The highest BCUT2D eigenvalue weighted by Crippen LogP contribution is 2.24. The number of carbonyl (C=O) groups excluding carboxylic acids is 1. The Bertz CT molecular complexity index is 522. The standard InChI is InChI=1S/C16H22N2O3/c1-11(2)13-5-3-4-6-14(13)17-15(19)10-18-8-12(9-18)7-16(20)21/h3-6,11-12H,7-10H2,1-2H3,(H,17,19)(H,20,21). The molecule has 1 aromatic rings. The van der Waals surface area contributed by atoms with Crippen LogP contribution in [-0.2, 0) is 9.59 Å². The van der Waals surface area contributed by atoms with Gasteiger partial charge in [0.15, 0.2) is 0 Å². The number of aliphatic carboxylic acids is 1. The number of hydrogen-bond acceptors (Lipinski definition) is 3. The summed E-state index contributed by atoms with van der Waals surface area (Å²) < 4.78 is 0. The highest BCUT2D eigenvalue weighted by atomic mass is 16.4. The average molecular weight is 290 g/mol. The van der Waals surface area contributed by atoms with Crippen molar-refractivity contribution in [3.8, 4) is 0 Å². The van der Waals surface area contributed by atoms with Crippen molar-refractivity contribution in [2.75, 3.05) is 25.0 Å². The van der Waals surface area contributed by atoms with Crippen molar-refractivity contribution >= 4 is 17.6 Å². The maximum absolute atomic E-state index is 12.1. The lowest BCUT2D eigenvalue weighted by Crippen LogP contribution is -2.50. The number of benzene rings is 1. The van der Waals surface area contributed by atoms with Crippen LogP contribution in [-0.4, -0.2) is 41.5 Å². The van der Waals surface area contributed by atoms with Gasteiger partial charge in [0.25, 0.3) is 0 Å². The fraction of sp³-hybridized carbons (Fsp3) is 0.500. The van der Waals surface area contributed by atoms with Gasteiger partial charge in [-0.15, -0.1) is 0 Å². The number of likely N-dealkylation sites (tertiary alicyclic amines) is 1. The van der Waals surface area contributed by atoms with Crippen LogP contribution in [0.3, 0.4) is 0 Å². The third-order valence-corrected chi connectivity index (χ3v) is 3.72. The first-order valence-electron chi connectivity index (χ1n) is 7.28. The number of para-hydroxylation sites is 1. The van der Waals surface area contributed by atoms with Crippen molar-refractivity contribution in [3.63, 3.8) is 0 Å². The van der Waals surface area contributed by atoms with E-state index in [-0.39, 0.29) is 18.2 Å². The average Bonchev–Trinajstić information content (AvgIpc) is 2.36. The van der Waals surface area contributed by atoms with E-state index >= 15 is 0 Å². The van der Waals surface area contributed by atoms with E-state index in [1.54, 1.807) is 0 Å². The van der Waals surface area contributed by atoms with Crippen LogP contribution in [0.1, 0.15) is 31.7 Å². The van der Waals surface area contributed by atoms with Crippen LogP contribution < -0.4 is 5.32 Å². The summed E-state index contributed by atoms with van der Waals surface area (Å²) in [5.74, 6) is -0.282. The van der Waals surface area contributed by atoms with E-state index in [0.29, 0.717) is 25.6 Å². The number of anilines is 1. The Morgan fingerprint density at radius 1 is 1.33 bits per heavy atom. The van der Waals surface area contributed by atoms with Gasteiger partial charge in [-0.1, -0.05) is 32.0 Å². The molecule has 1 aliphatic heterocycles. The molecule has 5 heteroatoms. The van der Waals surface area contributed by atoms with Gasteiger partial charge in [-0.3, -0.25) is 14.5 Å². The number of carboxylic acid groups (broad SMARTS) is 1. The molecule has 0 aromatic heterocycles. The highest BCUT2D eigenvalue weighted by Gasteiger charge is 2.29. The van der Waals surface area contributed by atoms with Crippen LogP contribution in [0.2, 0.25) is 0 Å². The van der Waals surface area contributed by atoms with Gasteiger partial charge in [0.2, 0.25) is 5.91 Å². The van der Waals surface area contributed by atoms with Crippen LogP contribution in [0.4, 0.5) is 5.69 Å². The molecule has 1 fully saturated rings. The van der Waals surface area contributed by atoms with E-state index < -0.39 is 5.97 Å². The lowest BCUT2D eigenvalue weighted by molar-refractivity contribution is -0.139. The second-order valence-electron chi connectivity index (χ2n) is 5.95. The first-order valence-corrected chi connectivity index (χ1v) is 7.28.